The lowest BCUT2D eigenvalue weighted by Crippen LogP contribution is -2.49. The van der Waals surface area contributed by atoms with Crippen molar-refractivity contribution in [2.24, 2.45) is 0 Å². The number of ether oxygens (including phenoxy) is 1. The van der Waals surface area contributed by atoms with Crippen LogP contribution in [0.15, 0.2) is 0 Å². The van der Waals surface area contributed by atoms with Gasteiger partial charge >= 0.3 is 5.97 Å². The minimum absolute atomic E-state index is 0.591. The zero-order valence-corrected chi connectivity index (χ0v) is 10.7. The molecule has 96 valence electrons. The first-order chi connectivity index (χ1) is 7.63. The van der Waals surface area contributed by atoms with Crippen LogP contribution in [-0.4, -0.2) is 36.9 Å². The summed E-state index contributed by atoms with van der Waals surface area (Å²) in [6.45, 7) is 5.44. The zero-order valence-electron chi connectivity index (χ0n) is 10.7. The molecule has 0 amide bonds. The number of carboxylic acid groups (broad SMARTS) is 1. The van der Waals surface area contributed by atoms with Gasteiger partial charge in [0.05, 0.1) is 0 Å². The molecule has 0 aromatic rings. The highest BCUT2D eigenvalue weighted by molar-refractivity contribution is 5.78. The highest BCUT2D eigenvalue weighted by atomic mass is 16.5. The van der Waals surface area contributed by atoms with E-state index in [-0.39, 0.29) is 0 Å². The summed E-state index contributed by atoms with van der Waals surface area (Å²) in [5.41, 5.74) is -0.784. The molecule has 0 aromatic carbocycles. The van der Waals surface area contributed by atoms with Crippen LogP contribution in [0.4, 0.5) is 0 Å². The summed E-state index contributed by atoms with van der Waals surface area (Å²) in [5, 5.41) is 12.1. The molecule has 0 radical (unpaired) electrons. The molecule has 0 heterocycles. The predicted octanol–water partition coefficient (Wildman–Crippen LogP) is 2.04. The summed E-state index contributed by atoms with van der Waals surface area (Å²) >= 11 is 0. The fraction of sp³-hybridized carbons (Fsp3) is 0.917. The van der Waals surface area contributed by atoms with E-state index in [2.05, 4.69) is 12.2 Å². The van der Waals surface area contributed by atoms with Crippen LogP contribution in [0, 0.1) is 0 Å². The second-order valence-corrected chi connectivity index (χ2v) is 4.06. The molecule has 4 nitrogen and oxygen atoms in total. The number of hydrogen-bond donors (Lipinski definition) is 2. The largest absolute Gasteiger partial charge is 0.480 e. The van der Waals surface area contributed by atoms with E-state index in [1.54, 1.807) is 7.05 Å². The lowest BCUT2D eigenvalue weighted by atomic mass is 9.91. The van der Waals surface area contributed by atoms with E-state index in [1.807, 2.05) is 6.92 Å². The maximum atomic E-state index is 11.1. The molecule has 0 fully saturated rings. The molecular formula is C12H25NO3. The molecule has 0 aliphatic heterocycles. The van der Waals surface area contributed by atoms with Crippen molar-refractivity contribution in [3.63, 3.8) is 0 Å². The van der Waals surface area contributed by atoms with E-state index in [0.29, 0.717) is 19.4 Å². The summed E-state index contributed by atoms with van der Waals surface area (Å²) in [6, 6.07) is 0. The van der Waals surface area contributed by atoms with Crippen LogP contribution in [0.3, 0.4) is 0 Å². The number of rotatable bonds is 10. The molecule has 16 heavy (non-hydrogen) atoms. The minimum atomic E-state index is -0.784. The smallest absolute Gasteiger partial charge is 0.323 e. The summed E-state index contributed by atoms with van der Waals surface area (Å²) in [6.07, 6.45) is 4.19. The Kier molecular flexibility index (Phi) is 8.21. The number of hydrogen-bond acceptors (Lipinski definition) is 3. The number of aliphatic carboxylic acids is 1. The standard InChI is InChI=1S/C12H25NO3/c1-4-6-9-16-10-7-8-12(5-2,13-3)11(14)15/h13H,4-10H2,1-3H3,(H,14,15). The maximum absolute atomic E-state index is 11.1. The highest BCUT2D eigenvalue weighted by Gasteiger charge is 2.33. The summed E-state index contributed by atoms with van der Waals surface area (Å²) in [4.78, 5) is 11.1. The average molecular weight is 231 g/mol. The van der Waals surface area contributed by atoms with Crippen LogP contribution in [0.25, 0.3) is 0 Å². The van der Waals surface area contributed by atoms with Gasteiger partial charge in [0.1, 0.15) is 5.54 Å². The third-order valence-corrected chi connectivity index (χ3v) is 3.03. The van der Waals surface area contributed by atoms with Crippen LogP contribution in [0.2, 0.25) is 0 Å². The van der Waals surface area contributed by atoms with Gasteiger partial charge in [-0.25, -0.2) is 0 Å². The quantitative estimate of drug-likeness (QED) is 0.565. The van der Waals surface area contributed by atoms with Gasteiger partial charge < -0.3 is 15.2 Å². The monoisotopic (exact) mass is 231 g/mol. The van der Waals surface area contributed by atoms with Gasteiger partial charge in [0, 0.05) is 13.2 Å². The summed E-state index contributed by atoms with van der Waals surface area (Å²) in [7, 11) is 1.70. The van der Waals surface area contributed by atoms with E-state index < -0.39 is 11.5 Å². The van der Waals surface area contributed by atoms with Gasteiger partial charge in [-0.15, -0.1) is 0 Å². The van der Waals surface area contributed by atoms with Gasteiger partial charge in [0.2, 0.25) is 0 Å². The molecule has 1 unspecified atom stereocenters. The van der Waals surface area contributed by atoms with E-state index in [1.165, 1.54) is 0 Å². The van der Waals surface area contributed by atoms with E-state index in [9.17, 15) is 4.79 Å². The van der Waals surface area contributed by atoms with Gasteiger partial charge in [-0.3, -0.25) is 4.79 Å². The summed E-state index contributed by atoms with van der Waals surface area (Å²) < 4.78 is 5.42. The Bertz CT molecular complexity index is 191. The van der Waals surface area contributed by atoms with Crippen molar-refractivity contribution in [3.8, 4) is 0 Å². The number of unbranched alkanes of at least 4 members (excludes halogenated alkanes) is 1. The molecule has 0 saturated carbocycles. The third-order valence-electron chi connectivity index (χ3n) is 3.03. The molecule has 0 saturated heterocycles. The highest BCUT2D eigenvalue weighted by Crippen LogP contribution is 2.17. The van der Waals surface area contributed by atoms with Crippen molar-refractivity contribution in [1.29, 1.82) is 0 Å². The fourth-order valence-electron chi connectivity index (χ4n) is 1.67. The molecule has 0 aliphatic rings. The Hall–Kier alpha value is -0.610. The second-order valence-electron chi connectivity index (χ2n) is 4.06. The average Bonchev–Trinajstić information content (AvgIpc) is 2.28. The first-order valence-corrected chi connectivity index (χ1v) is 6.13. The molecule has 2 N–H and O–H groups in total. The lowest BCUT2D eigenvalue weighted by molar-refractivity contribution is -0.145. The fourth-order valence-corrected chi connectivity index (χ4v) is 1.67. The predicted molar refractivity (Wildman–Crippen MR) is 64.7 cm³/mol. The Morgan fingerprint density at radius 2 is 1.94 bits per heavy atom. The van der Waals surface area contributed by atoms with Crippen LogP contribution in [-0.2, 0) is 9.53 Å². The maximum Gasteiger partial charge on any atom is 0.323 e. The number of nitrogens with one attached hydrogen (secondary N) is 1. The molecule has 0 aromatic heterocycles. The van der Waals surface area contributed by atoms with Crippen LogP contribution in [0.5, 0.6) is 0 Å². The van der Waals surface area contributed by atoms with Crippen molar-refractivity contribution in [1.82, 2.24) is 5.32 Å². The van der Waals surface area contributed by atoms with Crippen molar-refractivity contribution < 1.29 is 14.6 Å². The molecule has 0 aliphatic carbocycles. The number of carbonyl (C=O) groups is 1. The SMILES string of the molecule is CCCCOCCCC(CC)(NC)C(=O)O. The minimum Gasteiger partial charge on any atom is -0.480 e. The normalized spacial score (nSPS) is 14.7. The van der Waals surface area contributed by atoms with Crippen molar-refractivity contribution in [2.75, 3.05) is 20.3 Å². The van der Waals surface area contributed by atoms with Crippen molar-refractivity contribution in [3.05, 3.63) is 0 Å². The van der Waals surface area contributed by atoms with Gasteiger partial charge in [0.25, 0.3) is 0 Å². The first-order valence-electron chi connectivity index (χ1n) is 6.13. The molecule has 1 atom stereocenters. The molecule has 4 heteroatoms. The number of likely N-dealkylation sites (N-methyl/N-ethyl adjacent to an activating group) is 1. The second kappa shape index (κ2) is 8.53. The zero-order chi connectivity index (χ0) is 12.4. The third kappa shape index (κ3) is 4.94. The van der Waals surface area contributed by atoms with Crippen molar-refractivity contribution >= 4 is 5.97 Å². The topological polar surface area (TPSA) is 58.6 Å². The van der Waals surface area contributed by atoms with Gasteiger partial charge in [-0.05, 0) is 32.7 Å². The Morgan fingerprint density at radius 3 is 2.38 bits per heavy atom. The molecule has 0 spiro atoms. The van der Waals surface area contributed by atoms with Gasteiger partial charge in [0.15, 0.2) is 0 Å². The van der Waals surface area contributed by atoms with Crippen LogP contribution in [0.1, 0.15) is 46.0 Å². The number of carboxylic acids is 1. The van der Waals surface area contributed by atoms with Crippen LogP contribution >= 0.6 is 0 Å². The lowest BCUT2D eigenvalue weighted by Gasteiger charge is -2.27. The molecule has 0 bridgehead atoms. The van der Waals surface area contributed by atoms with Gasteiger partial charge in [-0.2, -0.15) is 0 Å². The van der Waals surface area contributed by atoms with E-state index >= 15 is 0 Å². The summed E-state index contributed by atoms with van der Waals surface area (Å²) in [5.74, 6) is -0.772. The Balaban J connectivity index is 3.81. The van der Waals surface area contributed by atoms with E-state index in [0.717, 1.165) is 25.9 Å². The Morgan fingerprint density at radius 1 is 1.31 bits per heavy atom. The van der Waals surface area contributed by atoms with Crippen molar-refractivity contribution in [2.45, 2.75) is 51.5 Å². The molecule has 0 rings (SSSR count). The molecular weight excluding hydrogens is 206 g/mol. The van der Waals surface area contributed by atoms with E-state index in [4.69, 9.17) is 9.84 Å². The van der Waals surface area contributed by atoms with Crippen LogP contribution < -0.4 is 5.32 Å². The Labute approximate surface area is 98.4 Å². The van der Waals surface area contributed by atoms with Gasteiger partial charge in [-0.1, -0.05) is 20.3 Å². The first kappa shape index (κ1) is 15.4.